The number of imidazole rings is 1. The molecule has 0 bridgehead atoms. The number of benzene rings is 2. The molecule has 5 heteroatoms. The highest BCUT2D eigenvalue weighted by molar-refractivity contribution is 5.97. The van der Waals surface area contributed by atoms with Crippen molar-refractivity contribution in [1.29, 1.82) is 0 Å². The first-order valence-electron chi connectivity index (χ1n) is 9.24. The Balaban J connectivity index is 1.50. The lowest BCUT2D eigenvalue weighted by Crippen LogP contribution is -2.49. The minimum Gasteiger partial charge on any atom is -0.345 e. The first-order valence-corrected chi connectivity index (χ1v) is 9.24. The van der Waals surface area contributed by atoms with Gasteiger partial charge >= 0.3 is 0 Å². The number of halogens is 1. The molecule has 0 saturated carbocycles. The lowest BCUT2D eigenvalue weighted by atomic mass is 9.74. The molecule has 1 amide bonds. The lowest BCUT2D eigenvalue weighted by Gasteiger charge is -2.45. The lowest BCUT2D eigenvalue weighted by molar-refractivity contribution is 0.0543. The molecule has 4 nitrogen and oxygen atoms in total. The number of carbonyl (C=O) groups excluding carboxylic acids is 1. The van der Waals surface area contributed by atoms with Crippen LogP contribution in [0.1, 0.15) is 46.7 Å². The van der Waals surface area contributed by atoms with Crippen LogP contribution in [0.2, 0.25) is 0 Å². The van der Waals surface area contributed by atoms with E-state index in [1.165, 1.54) is 0 Å². The molecule has 0 spiro atoms. The molecule has 0 unspecified atom stereocenters. The van der Waals surface area contributed by atoms with Gasteiger partial charge in [-0.1, -0.05) is 12.1 Å². The van der Waals surface area contributed by atoms with Gasteiger partial charge in [-0.2, -0.15) is 0 Å². The number of amides is 1. The molecule has 2 atom stereocenters. The fourth-order valence-corrected chi connectivity index (χ4v) is 4.76. The van der Waals surface area contributed by atoms with Crippen molar-refractivity contribution < 1.29 is 9.18 Å². The van der Waals surface area contributed by atoms with Crippen LogP contribution < -0.4 is 0 Å². The summed E-state index contributed by atoms with van der Waals surface area (Å²) in [6.45, 7) is 0.741. The molecule has 2 heterocycles. The Bertz CT molecular complexity index is 996. The second-order valence-corrected chi connectivity index (χ2v) is 7.30. The number of fused-ring (bicyclic) bond motifs is 4. The van der Waals surface area contributed by atoms with Crippen LogP contribution in [0.25, 0.3) is 11.0 Å². The van der Waals surface area contributed by atoms with E-state index in [0.29, 0.717) is 5.56 Å². The first kappa shape index (κ1) is 15.6. The number of likely N-dealkylation sites (tertiary alicyclic amines) is 1. The maximum absolute atomic E-state index is 14.5. The van der Waals surface area contributed by atoms with Crippen molar-refractivity contribution in [2.24, 2.45) is 0 Å². The molecule has 1 fully saturated rings. The van der Waals surface area contributed by atoms with Crippen LogP contribution in [-0.4, -0.2) is 33.4 Å². The third-order valence-corrected chi connectivity index (χ3v) is 5.93. The Hall–Kier alpha value is -2.69. The smallest absolute Gasteiger partial charge is 0.254 e. The summed E-state index contributed by atoms with van der Waals surface area (Å²) in [5, 5.41) is 0. The number of H-pyrrole nitrogens is 1. The molecule has 3 aromatic rings. The molecule has 5 rings (SSSR count). The largest absolute Gasteiger partial charge is 0.345 e. The summed E-state index contributed by atoms with van der Waals surface area (Å²) < 4.78 is 14.5. The number of aromatic amines is 1. The molecule has 1 aromatic heterocycles. The Morgan fingerprint density at radius 1 is 1.23 bits per heavy atom. The van der Waals surface area contributed by atoms with E-state index in [1.807, 2.05) is 29.2 Å². The van der Waals surface area contributed by atoms with Crippen LogP contribution >= 0.6 is 0 Å². The molecule has 2 aliphatic rings. The molecule has 0 radical (unpaired) electrons. The van der Waals surface area contributed by atoms with Crippen molar-refractivity contribution in [1.82, 2.24) is 14.9 Å². The maximum Gasteiger partial charge on any atom is 0.254 e. The second kappa shape index (κ2) is 5.94. The van der Waals surface area contributed by atoms with Gasteiger partial charge in [0.15, 0.2) is 0 Å². The van der Waals surface area contributed by atoms with E-state index in [4.69, 9.17) is 0 Å². The van der Waals surface area contributed by atoms with Crippen molar-refractivity contribution >= 4 is 16.9 Å². The van der Waals surface area contributed by atoms with Gasteiger partial charge < -0.3 is 9.88 Å². The summed E-state index contributed by atoms with van der Waals surface area (Å²) in [5.74, 6) is 0.0231. The van der Waals surface area contributed by atoms with E-state index in [1.54, 1.807) is 18.5 Å². The molecular weight excluding hydrogens is 329 g/mol. The SMILES string of the molecule is O=C(c1ccc2nc[nH]c2c1)N1CCC[C@H]2c3c(F)cccc3CC[C@@H]21. The zero-order valence-electron chi connectivity index (χ0n) is 14.4. The van der Waals surface area contributed by atoms with Gasteiger partial charge in [-0.05, 0) is 61.1 Å². The number of aryl methyl sites for hydroxylation is 1. The molecule has 2 aromatic carbocycles. The monoisotopic (exact) mass is 349 g/mol. The highest BCUT2D eigenvalue weighted by Crippen LogP contribution is 2.42. The summed E-state index contributed by atoms with van der Waals surface area (Å²) in [5.41, 5.74) is 4.34. The highest BCUT2D eigenvalue weighted by Gasteiger charge is 2.39. The van der Waals surface area contributed by atoms with Crippen LogP contribution in [0.4, 0.5) is 4.39 Å². The third kappa shape index (κ3) is 2.34. The van der Waals surface area contributed by atoms with Gasteiger partial charge in [0.1, 0.15) is 5.82 Å². The Labute approximate surface area is 151 Å². The van der Waals surface area contributed by atoms with E-state index in [0.717, 1.165) is 54.4 Å². The van der Waals surface area contributed by atoms with Crippen molar-refractivity contribution in [3.63, 3.8) is 0 Å². The summed E-state index contributed by atoms with van der Waals surface area (Å²) >= 11 is 0. The minimum atomic E-state index is -0.120. The van der Waals surface area contributed by atoms with E-state index >= 15 is 0 Å². The van der Waals surface area contributed by atoms with Crippen molar-refractivity contribution in [2.75, 3.05) is 6.54 Å². The molecule has 132 valence electrons. The second-order valence-electron chi connectivity index (χ2n) is 7.30. The molecular formula is C21H20FN3O. The van der Waals surface area contributed by atoms with Crippen LogP contribution in [0, 0.1) is 5.82 Å². The number of aromatic nitrogens is 2. The summed E-state index contributed by atoms with van der Waals surface area (Å²) in [7, 11) is 0. The van der Waals surface area contributed by atoms with Gasteiger partial charge in [0.25, 0.3) is 5.91 Å². The number of carbonyl (C=O) groups is 1. The number of hydrogen-bond donors (Lipinski definition) is 1. The van der Waals surface area contributed by atoms with Gasteiger partial charge in [0.05, 0.1) is 17.4 Å². The Morgan fingerprint density at radius 2 is 2.15 bits per heavy atom. The fraction of sp³-hybridized carbons (Fsp3) is 0.333. The molecule has 1 aliphatic carbocycles. The fourth-order valence-electron chi connectivity index (χ4n) is 4.76. The van der Waals surface area contributed by atoms with E-state index in [-0.39, 0.29) is 23.7 Å². The van der Waals surface area contributed by atoms with E-state index in [2.05, 4.69) is 9.97 Å². The summed E-state index contributed by atoms with van der Waals surface area (Å²) in [6.07, 6.45) is 5.22. The van der Waals surface area contributed by atoms with Crippen molar-refractivity contribution in [3.05, 3.63) is 65.2 Å². The minimum absolute atomic E-state index is 0.0380. The van der Waals surface area contributed by atoms with E-state index in [9.17, 15) is 9.18 Å². The quantitative estimate of drug-likeness (QED) is 0.721. The van der Waals surface area contributed by atoms with Gasteiger partial charge in [-0.15, -0.1) is 0 Å². The Kier molecular flexibility index (Phi) is 3.55. The van der Waals surface area contributed by atoms with Crippen LogP contribution in [-0.2, 0) is 6.42 Å². The molecule has 1 saturated heterocycles. The summed E-state index contributed by atoms with van der Waals surface area (Å²) in [4.78, 5) is 22.5. The van der Waals surface area contributed by atoms with E-state index < -0.39 is 0 Å². The topological polar surface area (TPSA) is 49.0 Å². The zero-order valence-corrected chi connectivity index (χ0v) is 14.4. The predicted octanol–water partition coefficient (Wildman–Crippen LogP) is 4.04. The van der Waals surface area contributed by atoms with Crippen LogP contribution in [0.3, 0.4) is 0 Å². The average Bonchev–Trinajstić information content (AvgIpc) is 3.14. The maximum atomic E-state index is 14.5. The van der Waals surface area contributed by atoms with Crippen molar-refractivity contribution in [2.45, 2.75) is 37.6 Å². The van der Waals surface area contributed by atoms with Crippen LogP contribution in [0.5, 0.6) is 0 Å². The molecule has 26 heavy (non-hydrogen) atoms. The van der Waals surface area contributed by atoms with Gasteiger partial charge in [-0.25, -0.2) is 9.37 Å². The average molecular weight is 349 g/mol. The van der Waals surface area contributed by atoms with Crippen molar-refractivity contribution in [3.8, 4) is 0 Å². The highest BCUT2D eigenvalue weighted by atomic mass is 19.1. The zero-order chi connectivity index (χ0) is 17.7. The molecule has 1 aliphatic heterocycles. The number of rotatable bonds is 1. The van der Waals surface area contributed by atoms with Gasteiger partial charge in [0, 0.05) is 24.1 Å². The number of nitrogens with one attached hydrogen (secondary N) is 1. The van der Waals surface area contributed by atoms with Crippen LogP contribution in [0.15, 0.2) is 42.7 Å². The number of nitrogens with zero attached hydrogens (tertiary/aromatic N) is 2. The summed E-state index contributed by atoms with van der Waals surface area (Å²) in [6, 6.07) is 11.0. The predicted molar refractivity (Wildman–Crippen MR) is 97.6 cm³/mol. The molecule has 1 N–H and O–H groups in total. The first-order chi connectivity index (χ1) is 12.7. The third-order valence-electron chi connectivity index (χ3n) is 5.93. The standard InChI is InChI=1S/C21H20FN3O/c22-16-5-1-3-13-7-9-19-15(20(13)16)4-2-10-25(19)21(26)14-6-8-17-18(11-14)24-12-23-17/h1,3,5-6,8,11-12,15,19H,2,4,7,9-10H2,(H,23,24)/t15-,19+/m1/s1. The normalized spacial score (nSPS) is 22.1. The number of hydrogen-bond acceptors (Lipinski definition) is 2. The number of piperidine rings is 1. The van der Waals surface area contributed by atoms with Gasteiger partial charge in [-0.3, -0.25) is 4.79 Å². The Morgan fingerprint density at radius 3 is 3.08 bits per heavy atom. The van der Waals surface area contributed by atoms with Gasteiger partial charge in [0.2, 0.25) is 0 Å².